The minimum absolute atomic E-state index is 0.213. The van der Waals surface area contributed by atoms with E-state index in [1.54, 1.807) is 0 Å². The van der Waals surface area contributed by atoms with E-state index in [9.17, 15) is 0 Å². The van der Waals surface area contributed by atoms with Gasteiger partial charge in [-0.25, -0.2) is 0 Å². The predicted octanol–water partition coefficient (Wildman–Crippen LogP) is 1.15. The summed E-state index contributed by atoms with van der Waals surface area (Å²) >= 11 is 0. The fourth-order valence-electron chi connectivity index (χ4n) is 0.738. The molecule has 0 fully saturated rings. The molecule has 1 aromatic rings. The fourth-order valence-corrected chi connectivity index (χ4v) is 0.738. The predicted molar refractivity (Wildman–Crippen MR) is 38.3 cm³/mol. The van der Waals surface area contributed by atoms with Crippen LogP contribution < -0.4 is 0 Å². The van der Waals surface area contributed by atoms with Crippen LogP contribution in [0.5, 0.6) is 0 Å². The second-order valence-corrected chi connectivity index (χ2v) is 1.96. The van der Waals surface area contributed by atoms with Crippen LogP contribution in [-0.2, 0) is 11.3 Å². The van der Waals surface area contributed by atoms with Gasteiger partial charge in [-0.05, 0) is 5.56 Å². The number of ether oxygens (including phenoxy) is 1. The summed E-state index contributed by atoms with van der Waals surface area (Å²) in [6.07, 6.45) is 0. The molecule has 0 bridgehead atoms. The standard InChI is InChI=1S/C8H10O2/c9-7-10-6-8-4-2-1-3-5-8/h1-5,9H,6-7H2/i7+1. The highest BCUT2D eigenvalue weighted by molar-refractivity contribution is 5.13. The number of aliphatic hydroxyl groups is 1. The molecule has 0 saturated heterocycles. The van der Waals surface area contributed by atoms with Crippen LogP contribution in [0.25, 0.3) is 0 Å². The lowest BCUT2D eigenvalue weighted by Crippen LogP contribution is -1.92. The van der Waals surface area contributed by atoms with Crippen LogP contribution in [0.3, 0.4) is 0 Å². The summed E-state index contributed by atoms with van der Waals surface area (Å²) in [6, 6.07) is 9.74. The highest BCUT2D eigenvalue weighted by Gasteiger charge is 1.87. The molecule has 2 heteroatoms. The van der Waals surface area contributed by atoms with Crippen LogP contribution in [0, 0.1) is 0 Å². The molecule has 0 atom stereocenters. The molecule has 0 unspecified atom stereocenters. The van der Waals surface area contributed by atoms with E-state index in [0.29, 0.717) is 6.61 Å². The molecule has 10 heavy (non-hydrogen) atoms. The van der Waals surface area contributed by atoms with Crippen molar-refractivity contribution in [3.63, 3.8) is 0 Å². The van der Waals surface area contributed by atoms with E-state index in [0.717, 1.165) is 5.56 Å². The Morgan fingerprint density at radius 2 is 1.90 bits per heavy atom. The summed E-state index contributed by atoms with van der Waals surface area (Å²) in [6.45, 7) is 0.270. The Bertz CT molecular complexity index is 172. The van der Waals surface area contributed by atoms with E-state index in [-0.39, 0.29) is 6.79 Å². The second-order valence-electron chi connectivity index (χ2n) is 1.96. The van der Waals surface area contributed by atoms with Gasteiger partial charge < -0.3 is 9.84 Å². The molecule has 1 aromatic carbocycles. The lowest BCUT2D eigenvalue weighted by atomic mass is 10.2. The molecular formula is C8H10O2. The monoisotopic (exact) mass is 139 g/mol. The average Bonchev–Trinajstić information content (AvgIpc) is 2.03. The topological polar surface area (TPSA) is 29.5 Å². The smallest absolute Gasteiger partial charge is 0.144 e. The van der Waals surface area contributed by atoms with Crippen molar-refractivity contribution < 1.29 is 9.84 Å². The molecule has 0 heterocycles. The van der Waals surface area contributed by atoms with Crippen molar-refractivity contribution >= 4 is 0 Å². The minimum Gasteiger partial charge on any atom is -0.371 e. The molecule has 0 aliphatic heterocycles. The van der Waals surface area contributed by atoms with Gasteiger partial charge in [-0.15, -0.1) is 0 Å². The summed E-state index contributed by atoms with van der Waals surface area (Å²) in [5.41, 5.74) is 1.08. The summed E-state index contributed by atoms with van der Waals surface area (Å²) in [5, 5.41) is 8.31. The van der Waals surface area contributed by atoms with Gasteiger partial charge in [0.05, 0.1) is 6.61 Å². The maximum Gasteiger partial charge on any atom is 0.144 e. The summed E-state index contributed by atoms with van der Waals surface area (Å²) < 4.78 is 4.78. The number of benzene rings is 1. The van der Waals surface area contributed by atoms with E-state index in [1.807, 2.05) is 30.3 Å². The Kier molecular flexibility index (Phi) is 2.93. The largest absolute Gasteiger partial charge is 0.371 e. The minimum atomic E-state index is -0.213. The molecule has 54 valence electrons. The SMILES string of the molecule is O[13CH2]OCc1ccccc1. The van der Waals surface area contributed by atoms with Crippen molar-refractivity contribution in [2.45, 2.75) is 6.61 Å². The maximum atomic E-state index is 8.31. The van der Waals surface area contributed by atoms with E-state index < -0.39 is 0 Å². The molecule has 0 amide bonds. The Balaban J connectivity index is 2.43. The Morgan fingerprint density at radius 3 is 2.50 bits per heavy atom. The van der Waals surface area contributed by atoms with E-state index >= 15 is 0 Å². The van der Waals surface area contributed by atoms with Crippen LogP contribution >= 0.6 is 0 Å². The number of hydrogen-bond acceptors (Lipinski definition) is 2. The highest BCUT2D eigenvalue weighted by atomic mass is 16.7. The molecular weight excluding hydrogens is 129 g/mol. The van der Waals surface area contributed by atoms with Crippen molar-refractivity contribution in [3.05, 3.63) is 35.9 Å². The molecule has 2 nitrogen and oxygen atoms in total. The van der Waals surface area contributed by atoms with Crippen LogP contribution in [-0.4, -0.2) is 11.9 Å². The van der Waals surface area contributed by atoms with Gasteiger partial charge in [-0.2, -0.15) is 0 Å². The Labute approximate surface area is 60.1 Å². The van der Waals surface area contributed by atoms with E-state index in [4.69, 9.17) is 9.84 Å². The molecule has 0 aromatic heterocycles. The van der Waals surface area contributed by atoms with Gasteiger partial charge in [0.1, 0.15) is 6.79 Å². The normalized spacial score (nSPS) is 9.70. The molecule has 0 radical (unpaired) electrons. The van der Waals surface area contributed by atoms with Gasteiger partial charge in [0.2, 0.25) is 0 Å². The van der Waals surface area contributed by atoms with E-state index in [2.05, 4.69) is 0 Å². The Hall–Kier alpha value is -0.860. The third-order valence-corrected chi connectivity index (χ3v) is 1.20. The number of aliphatic hydroxyl groups excluding tert-OH is 1. The van der Waals surface area contributed by atoms with E-state index in [1.165, 1.54) is 0 Å². The van der Waals surface area contributed by atoms with Crippen LogP contribution in [0.4, 0.5) is 0 Å². The molecule has 0 aliphatic carbocycles. The Morgan fingerprint density at radius 1 is 1.20 bits per heavy atom. The van der Waals surface area contributed by atoms with Crippen LogP contribution in [0.1, 0.15) is 5.56 Å². The molecule has 0 saturated carbocycles. The van der Waals surface area contributed by atoms with Crippen molar-refractivity contribution in [3.8, 4) is 0 Å². The average molecular weight is 139 g/mol. The molecule has 1 N–H and O–H groups in total. The molecule has 0 aliphatic rings. The number of rotatable bonds is 3. The zero-order valence-corrected chi connectivity index (χ0v) is 5.66. The zero-order valence-electron chi connectivity index (χ0n) is 5.66. The van der Waals surface area contributed by atoms with Gasteiger partial charge in [-0.1, -0.05) is 30.3 Å². The van der Waals surface area contributed by atoms with Gasteiger partial charge in [0.15, 0.2) is 0 Å². The first-order chi connectivity index (χ1) is 4.93. The zero-order chi connectivity index (χ0) is 7.23. The van der Waals surface area contributed by atoms with Crippen molar-refractivity contribution in [2.75, 3.05) is 6.79 Å². The maximum absolute atomic E-state index is 8.31. The molecule has 1 rings (SSSR count). The molecule has 0 spiro atoms. The third kappa shape index (κ3) is 2.17. The first-order valence-electron chi connectivity index (χ1n) is 3.16. The van der Waals surface area contributed by atoms with Crippen LogP contribution in [0.2, 0.25) is 0 Å². The number of hydrogen-bond donors (Lipinski definition) is 1. The summed E-state index contributed by atoms with van der Waals surface area (Å²) in [5.74, 6) is 0. The van der Waals surface area contributed by atoms with Gasteiger partial charge >= 0.3 is 0 Å². The lowest BCUT2D eigenvalue weighted by Gasteiger charge is -1.98. The third-order valence-electron chi connectivity index (χ3n) is 1.20. The quantitative estimate of drug-likeness (QED) is 0.503. The van der Waals surface area contributed by atoms with Crippen molar-refractivity contribution in [1.82, 2.24) is 0 Å². The van der Waals surface area contributed by atoms with Crippen molar-refractivity contribution in [1.29, 1.82) is 0 Å². The summed E-state index contributed by atoms with van der Waals surface area (Å²) in [7, 11) is 0. The first-order valence-corrected chi connectivity index (χ1v) is 3.16. The lowest BCUT2D eigenvalue weighted by molar-refractivity contribution is -0.0112. The first kappa shape index (κ1) is 7.25. The van der Waals surface area contributed by atoms with Crippen molar-refractivity contribution in [2.24, 2.45) is 0 Å². The van der Waals surface area contributed by atoms with Gasteiger partial charge in [0.25, 0.3) is 0 Å². The summed E-state index contributed by atoms with van der Waals surface area (Å²) in [4.78, 5) is 0. The van der Waals surface area contributed by atoms with Gasteiger partial charge in [0, 0.05) is 0 Å². The highest BCUT2D eigenvalue weighted by Crippen LogP contribution is 1.98. The van der Waals surface area contributed by atoms with Crippen LogP contribution in [0.15, 0.2) is 30.3 Å². The fraction of sp³-hybridized carbons (Fsp3) is 0.250. The second kappa shape index (κ2) is 4.04. The van der Waals surface area contributed by atoms with Gasteiger partial charge in [-0.3, -0.25) is 0 Å².